The molecular formula is C19H19N5O2S. The molecule has 27 heavy (non-hydrogen) atoms. The average Bonchev–Trinajstić information content (AvgIpc) is 3.28. The summed E-state index contributed by atoms with van der Waals surface area (Å²) in [6.45, 7) is 2.01. The first-order valence-electron chi connectivity index (χ1n) is 8.62. The first kappa shape index (κ1) is 17.6. The molecule has 0 bridgehead atoms. The van der Waals surface area contributed by atoms with Gasteiger partial charge in [0, 0.05) is 19.2 Å². The second kappa shape index (κ2) is 7.43. The molecule has 2 amide bonds. The molecule has 0 spiro atoms. The third-order valence-corrected chi connectivity index (χ3v) is 5.35. The van der Waals surface area contributed by atoms with Gasteiger partial charge in [-0.15, -0.1) is 0 Å². The zero-order valence-electron chi connectivity index (χ0n) is 14.7. The number of fused-ring (bicyclic) bond motifs is 1. The molecule has 2 aromatic carbocycles. The van der Waals surface area contributed by atoms with Gasteiger partial charge in [0.05, 0.1) is 22.2 Å². The van der Waals surface area contributed by atoms with E-state index >= 15 is 0 Å². The van der Waals surface area contributed by atoms with Gasteiger partial charge in [-0.25, -0.2) is 10.4 Å². The first-order chi connectivity index (χ1) is 13.1. The Labute approximate surface area is 160 Å². The minimum Gasteiger partial charge on any atom is -0.326 e. The molecule has 8 heteroatoms. The van der Waals surface area contributed by atoms with Crippen LogP contribution in [0.5, 0.6) is 0 Å². The quantitative estimate of drug-likeness (QED) is 0.557. The number of rotatable bonds is 4. The van der Waals surface area contributed by atoms with Crippen molar-refractivity contribution in [3.63, 3.8) is 0 Å². The number of amides is 2. The van der Waals surface area contributed by atoms with Crippen molar-refractivity contribution >= 4 is 44.2 Å². The number of aromatic nitrogens is 1. The number of thiazole rings is 1. The fraction of sp³-hybridized carbons (Fsp3) is 0.211. The predicted molar refractivity (Wildman–Crippen MR) is 106 cm³/mol. The summed E-state index contributed by atoms with van der Waals surface area (Å²) in [4.78, 5) is 28.5. The Balaban J connectivity index is 1.51. The van der Waals surface area contributed by atoms with Crippen LogP contribution in [0, 0.1) is 5.92 Å². The largest absolute Gasteiger partial charge is 0.326 e. The molecule has 1 fully saturated rings. The van der Waals surface area contributed by atoms with Crippen LogP contribution in [0.4, 0.5) is 10.8 Å². The number of carbonyl (C=O) groups excluding carboxylic acids is 2. The Morgan fingerprint density at radius 3 is 2.74 bits per heavy atom. The molecule has 2 unspecified atom stereocenters. The summed E-state index contributed by atoms with van der Waals surface area (Å²) in [5.41, 5.74) is 8.80. The molecule has 1 aliphatic heterocycles. The van der Waals surface area contributed by atoms with Gasteiger partial charge in [0.25, 0.3) is 0 Å². The van der Waals surface area contributed by atoms with Gasteiger partial charge in [0.1, 0.15) is 0 Å². The molecular weight excluding hydrogens is 362 g/mol. The van der Waals surface area contributed by atoms with E-state index in [2.05, 4.69) is 26.5 Å². The van der Waals surface area contributed by atoms with E-state index in [1.54, 1.807) is 6.07 Å². The van der Waals surface area contributed by atoms with Gasteiger partial charge < -0.3 is 10.6 Å². The van der Waals surface area contributed by atoms with Gasteiger partial charge in [0.15, 0.2) is 5.13 Å². The lowest BCUT2D eigenvalue weighted by Crippen LogP contribution is -2.29. The maximum Gasteiger partial charge on any atom is 0.232 e. The second-order valence-corrected chi connectivity index (χ2v) is 7.42. The minimum atomic E-state index is -0.241. The molecule has 4 N–H and O–H groups in total. The van der Waals surface area contributed by atoms with Crippen LogP contribution in [0.2, 0.25) is 0 Å². The van der Waals surface area contributed by atoms with Crippen LogP contribution in [0.1, 0.15) is 18.5 Å². The third kappa shape index (κ3) is 3.82. The zero-order chi connectivity index (χ0) is 18.8. The van der Waals surface area contributed by atoms with Crippen molar-refractivity contribution in [1.82, 2.24) is 15.8 Å². The van der Waals surface area contributed by atoms with Crippen LogP contribution >= 0.6 is 11.3 Å². The Morgan fingerprint density at radius 2 is 1.96 bits per heavy atom. The summed E-state index contributed by atoms with van der Waals surface area (Å²) in [5, 5.41) is 6.24. The first-order valence-corrected chi connectivity index (χ1v) is 9.44. The van der Waals surface area contributed by atoms with Crippen molar-refractivity contribution in [3.8, 4) is 0 Å². The van der Waals surface area contributed by atoms with E-state index in [0.717, 1.165) is 15.8 Å². The number of carbonyl (C=O) groups is 2. The number of benzene rings is 2. The number of hydrazine groups is 1. The molecule has 2 atom stereocenters. The molecule has 3 aromatic rings. The monoisotopic (exact) mass is 381 g/mol. The Hall–Kier alpha value is -2.81. The highest BCUT2D eigenvalue weighted by Gasteiger charge is 2.34. The van der Waals surface area contributed by atoms with E-state index in [0.29, 0.717) is 17.4 Å². The number of hydrogen-bond donors (Lipinski definition) is 4. The SMILES string of the molecule is CC(=O)Nc1ccc2nc(NC(=O)C3CNNC3c3ccccc3)sc2c1. The number of anilines is 2. The maximum absolute atomic E-state index is 12.8. The Kier molecular flexibility index (Phi) is 4.85. The predicted octanol–water partition coefficient (Wildman–Crippen LogP) is 2.66. The highest BCUT2D eigenvalue weighted by molar-refractivity contribution is 7.22. The highest BCUT2D eigenvalue weighted by Crippen LogP contribution is 2.30. The summed E-state index contributed by atoms with van der Waals surface area (Å²) in [5.74, 6) is -0.447. The molecule has 2 heterocycles. The van der Waals surface area contributed by atoms with E-state index in [1.807, 2.05) is 42.5 Å². The molecule has 0 radical (unpaired) electrons. The molecule has 0 saturated carbocycles. The van der Waals surface area contributed by atoms with Crippen LogP contribution in [0.25, 0.3) is 10.2 Å². The van der Waals surface area contributed by atoms with Crippen molar-refractivity contribution in [2.45, 2.75) is 13.0 Å². The molecule has 1 saturated heterocycles. The van der Waals surface area contributed by atoms with Gasteiger partial charge in [-0.3, -0.25) is 15.0 Å². The normalized spacial score (nSPS) is 19.1. The summed E-state index contributed by atoms with van der Waals surface area (Å²) in [7, 11) is 0. The van der Waals surface area contributed by atoms with E-state index in [9.17, 15) is 9.59 Å². The minimum absolute atomic E-state index is 0.0810. The summed E-state index contributed by atoms with van der Waals surface area (Å²) in [6.07, 6.45) is 0. The van der Waals surface area contributed by atoms with Crippen molar-refractivity contribution in [3.05, 3.63) is 54.1 Å². The Morgan fingerprint density at radius 1 is 1.15 bits per heavy atom. The number of hydrogen-bond acceptors (Lipinski definition) is 6. The van der Waals surface area contributed by atoms with Crippen LogP contribution in [0.3, 0.4) is 0 Å². The topological polar surface area (TPSA) is 95.2 Å². The smallest absolute Gasteiger partial charge is 0.232 e. The molecule has 1 aliphatic rings. The summed E-state index contributed by atoms with van der Waals surface area (Å²) >= 11 is 1.39. The maximum atomic E-state index is 12.8. The standard InChI is InChI=1S/C19H19N5O2S/c1-11(25)21-13-7-8-15-16(9-13)27-19(22-15)23-18(26)14-10-20-24-17(14)12-5-3-2-4-6-12/h2-9,14,17,20,24H,10H2,1H3,(H,21,25)(H,22,23,26). The number of nitrogens with zero attached hydrogens (tertiary/aromatic N) is 1. The van der Waals surface area contributed by atoms with E-state index in [-0.39, 0.29) is 23.8 Å². The van der Waals surface area contributed by atoms with Crippen molar-refractivity contribution in [2.24, 2.45) is 5.92 Å². The fourth-order valence-electron chi connectivity index (χ4n) is 3.17. The van der Waals surface area contributed by atoms with Crippen molar-refractivity contribution < 1.29 is 9.59 Å². The summed E-state index contributed by atoms with van der Waals surface area (Å²) in [6, 6.07) is 15.3. The van der Waals surface area contributed by atoms with E-state index < -0.39 is 0 Å². The molecule has 0 aliphatic carbocycles. The van der Waals surface area contributed by atoms with Crippen molar-refractivity contribution in [1.29, 1.82) is 0 Å². The zero-order valence-corrected chi connectivity index (χ0v) is 15.5. The van der Waals surface area contributed by atoms with Gasteiger partial charge >= 0.3 is 0 Å². The fourth-order valence-corrected chi connectivity index (χ4v) is 4.08. The lowest BCUT2D eigenvalue weighted by Gasteiger charge is -2.17. The van der Waals surface area contributed by atoms with Crippen molar-refractivity contribution in [2.75, 3.05) is 17.2 Å². The van der Waals surface area contributed by atoms with Gasteiger partial charge in [-0.2, -0.15) is 0 Å². The van der Waals surface area contributed by atoms with Crippen LogP contribution < -0.4 is 21.5 Å². The molecule has 4 rings (SSSR count). The van der Waals surface area contributed by atoms with Crippen LogP contribution in [-0.2, 0) is 9.59 Å². The van der Waals surface area contributed by atoms with Crippen LogP contribution in [0.15, 0.2) is 48.5 Å². The van der Waals surface area contributed by atoms with Gasteiger partial charge in [-0.1, -0.05) is 41.7 Å². The lowest BCUT2D eigenvalue weighted by molar-refractivity contribution is -0.119. The molecule has 1 aromatic heterocycles. The van der Waals surface area contributed by atoms with Crippen LogP contribution in [-0.4, -0.2) is 23.3 Å². The van der Waals surface area contributed by atoms with Gasteiger partial charge in [0.2, 0.25) is 11.8 Å². The third-order valence-electron chi connectivity index (χ3n) is 4.42. The summed E-state index contributed by atoms with van der Waals surface area (Å²) < 4.78 is 0.902. The van der Waals surface area contributed by atoms with E-state index in [1.165, 1.54) is 18.3 Å². The Bertz CT molecular complexity index is 988. The lowest BCUT2D eigenvalue weighted by atomic mass is 9.94. The number of nitrogens with one attached hydrogen (secondary N) is 4. The molecule has 7 nitrogen and oxygen atoms in total. The van der Waals surface area contributed by atoms with E-state index in [4.69, 9.17) is 0 Å². The average molecular weight is 381 g/mol. The highest BCUT2D eigenvalue weighted by atomic mass is 32.1. The van der Waals surface area contributed by atoms with Gasteiger partial charge in [-0.05, 0) is 23.8 Å². The molecule has 138 valence electrons. The second-order valence-electron chi connectivity index (χ2n) is 6.39.